The van der Waals surface area contributed by atoms with Gasteiger partial charge in [-0.1, -0.05) is 12.8 Å². The third-order valence-corrected chi connectivity index (χ3v) is 4.72. The van der Waals surface area contributed by atoms with Crippen LogP contribution in [0.5, 0.6) is 0 Å². The Morgan fingerprint density at radius 2 is 1.77 bits per heavy atom. The number of aliphatic hydroxyl groups excluding tert-OH is 1. The highest BCUT2D eigenvalue weighted by molar-refractivity contribution is 5.79. The standard InChI is InChI=1S/C14H20F3NO4/c15-14(16,17)10-7-18(6-9(10)13(21)22)12(20)5-8-3-1-2-4-11(8)19/h8-11,19H,1-7H2,(H,21,22)/t8-,9+,10+,11+/m0/s1. The number of carbonyl (C=O) groups excluding carboxylic acids is 1. The first kappa shape index (κ1) is 17.1. The lowest BCUT2D eigenvalue weighted by Gasteiger charge is -2.28. The monoisotopic (exact) mass is 323 g/mol. The van der Waals surface area contributed by atoms with E-state index in [0.29, 0.717) is 12.8 Å². The second-order valence-corrected chi connectivity index (χ2v) is 6.21. The number of rotatable bonds is 3. The molecule has 0 spiro atoms. The van der Waals surface area contributed by atoms with Crippen LogP contribution in [-0.4, -0.2) is 52.4 Å². The van der Waals surface area contributed by atoms with Gasteiger partial charge in [-0.25, -0.2) is 0 Å². The summed E-state index contributed by atoms with van der Waals surface area (Å²) in [6.07, 6.45) is -2.22. The van der Waals surface area contributed by atoms with E-state index in [1.807, 2.05) is 0 Å². The molecule has 1 aliphatic carbocycles. The summed E-state index contributed by atoms with van der Waals surface area (Å²) in [5, 5.41) is 18.8. The van der Waals surface area contributed by atoms with Crippen molar-refractivity contribution in [2.45, 2.75) is 44.4 Å². The summed E-state index contributed by atoms with van der Waals surface area (Å²) >= 11 is 0. The Balaban J connectivity index is 2.00. The van der Waals surface area contributed by atoms with Crippen LogP contribution in [0.2, 0.25) is 0 Å². The van der Waals surface area contributed by atoms with Crippen LogP contribution >= 0.6 is 0 Å². The molecule has 0 aromatic rings. The third kappa shape index (κ3) is 3.71. The second-order valence-electron chi connectivity index (χ2n) is 6.21. The van der Waals surface area contributed by atoms with Gasteiger partial charge in [-0.3, -0.25) is 9.59 Å². The summed E-state index contributed by atoms with van der Waals surface area (Å²) < 4.78 is 38.7. The molecule has 8 heteroatoms. The smallest absolute Gasteiger partial charge is 0.394 e. The zero-order valence-corrected chi connectivity index (χ0v) is 12.1. The number of halogens is 3. The van der Waals surface area contributed by atoms with Gasteiger partial charge in [0.1, 0.15) is 0 Å². The van der Waals surface area contributed by atoms with Gasteiger partial charge in [0.15, 0.2) is 0 Å². The molecule has 1 heterocycles. The first-order chi connectivity index (χ1) is 10.2. The lowest BCUT2D eigenvalue weighted by molar-refractivity contribution is -0.188. The fourth-order valence-corrected chi connectivity index (χ4v) is 3.37. The van der Waals surface area contributed by atoms with E-state index in [1.54, 1.807) is 0 Å². The molecule has 0 aromatic heterocycles. The highest BCUT2D eigenvalue weighted by atomic mass is 19.4. The van der Waals surface area contributed by atoms with E-state index in [0.717, 1.165) is 17.7 Å². The molecule has 4 atom stereocenters. The minimum atomic E-state index is -4.64. The average Bonchev–Trinajstić information content (AvgIpc) is 2.86. The van der Waals surface area contributed by atoms with Crippen LogP contribution in [0, 0.1) is 17.8 Å². The van der Waals surface area contributed by atoms with Gasteiger partial charge >= 0.3 is 12.1 Å². The van der Waals surface area contributed by atoms with E-state index in [-0.39, 0.29) is 12.3 Å². The summed E-state index contributed by atoms with van der Waals surface area (Å²) in [7, 11) is 0. The highest BCUT2D eigenvalue weighted by Crippen LogP contribution is 2.38. The van der Waals surface area contributed by atoms with E-state index >= 15 is 0 Å². The van der Waals surface area contributed by atoms with E-state index in [4.69, 9.17) is 5.11 Å². The summed E-state index contributed by atoms with van der Waals surface area (Å²) in [5.41, 5.74) is 0. The molecule has 0 radical (unpaired) electrons. The van der Waals surface area contributed by atoms with Crippen molar-refractivity contribution in [3.05, 3.63) is 0 Å². The predicted octanol–water partition coefficient (Wildman–Crippen LogP) is 1.65. The molecule has 22 heavy (non-hydrogen) atoms. The summed E-state index contributed by atoms with van der Waals surface area (Å²) in [6.45, 7) is -1.02. The number of carboxylic acids is 1. The molecular formula is C14H20F3NO4. The quantitative estimate of drug-likeness (QED) is 0.828. The van der Waals surface area contributed by atoms with Crippen molar-refractivity contribution in [1.82, 2.24) is 4.90 Å². The van der Waals surface area contributed by atoms with Crippen LogP contribution in [0.25, 0.3) is 0 Å². The number of amides is 1. The molecule has 0 unspecified atom stereocenters. The highest BCUT2D eigenvalue weighted by Gasteiger charge is 2.53. The van der Waals surface area contributed by atoms with E-state index in [1.165, 1.54) is 0 Å². The molecule has 126 valence electrons. The summed E-state index contributed by atoms with van der Waals surface area (Å²) in [4.78, 5) is 24.1. The van der Waals surface area contributed by atoms with Crippen molar-refractivity contribution in [1.29, 1.82) is 0 Å². The number of carboxylic acid groups (broad SMARTS) is 1. The Kier molecular flexibility index (Phi) is 4.99. The van der Waals surface area contributed by atoms with Crippen LogP contribution in [0.1, 0.15) is 32.1 Å². The molecular weight excluding hydrogens is 303 g/mol. The molecule has 0 aromatic carbocycles. The molecule has 1 amide bonds. The number of carbonyl (C=O) groups is 2. The van der Waals surface area contributed by atoms with E-state index in [2.05, 4.69) is 0 Å². The number of alkyl halides is 3. The molecule has 2 aliphatic rings. The Bertz CT molecular complexity index is 440. The minimum Gasteiger partial charge on any atom is -0.481 e. The van der Waals surface area contributed by atoms with Gasteiger partial charge in [0, 0.05) is 19.5 Å². The van der Waals surface area contributed by atoms with Gasteiger partial charge in [0.25, 0.3) is 0 Å². The van der Waals surface area contributed by atoms with Gasteiger partial charge in [-0.05, 0) is 18.8 Å². The molecule has 2 fully saturated rings. The molecule has 5 nitrogen and oxygen atoms in total. The van der Waals surface area contributed by atoms with Crippen LogP contribution in [0.4, 0.5) is 13.2 Å². The Hall–Kier alpha value is -1.31. The van der Waals surface area contributed by atoms with Crippen molar-refractivity contribution in [3.8, 4) is 0 Å². The molecule has 1 aliphatic heterocycles. The maximum atomic E-state index is 12.9. The predicted molar refractivity (Wildman–Crippen MR) is 69.8 cm³/mol. The van der Waals surface area contributed by atoms with Gasteiger partial charge in [-0.15, -0.1) is 0 Å². The molecule has 2 N–H and O–H groups in total. The lowest BCUT2D eigenvalue weighted by atomic mass is 9.84. The van der Waals surface area contributed by atoms with Crippen molar-refractivity contribution < 1.29 is 33.0 Å². The fraction of sp³-hybridized carbons (Fsp3) is 0.857. The SMILES string of the molecule is O=C(O)[C@@H]1CN(C(=O)C[C@@H]2CCCC[C@H]2O)C[C@H]1C(F)(F)F. The first-order valence-corrected chi connectivity index (χ1v) is 7.45. The van der Waals surface area contributed by atoms with Gasteiger partial charge < -0.3 is 15.1 Å². The summed E-state index contributed by atoms with van der Waals surface area (Å²) in [6, 6.07) is 0. The van der Waals surface area contributed by atoms with Crippen molar-refractivity contribution in [2.75, 3.05) is 13.1 Å². The number of nitrogens with zero attached hydrogens (tertiary/aromatic N) is 1. The Labute approximate surface area is 126 Å². The van der Waals surface area contributed by atoms with Crippen molar-refractivity contribution in [3.63, 3.8) is 0 Å². The van der Waals surface area contributed by atoms with Gasteiger partial charge in [0.05, 0.1) is 17.9 Å². The maximum absolute atomic E-state index is 12.9. The Morgan fingerprint density at radius 3 is 2.27 bits per heavy atom. The number of aliphatic carboxylic acids is 1. The average molecular weight is 323 g/mol. The van der Waals surface area contributed by atoms with Crippen molar-refractivity contribution >= 4 is 11.9 Å². The minimum absolute atomic E-state index is 0.0158. The zero-order valence-electron chi connectivity index (χ0n) is 12.1. The van der Waals surface area contributed by atoms with Crippen LogP contribution in [-0.2, 0) is 9.59 Å². The molecule has 1 saturated carbocycles. The lowest BCUT2D eigenvalue weighted by Crippen LogP contribution is -2.35. The second kappa shape index (κ2) is 6.44. The zero-order chi connectivity index (χ0) is 16.5. The van der Waals surface area contributed by atoms with Gasteiger partial charge in [-0.2, -0.15) is 13.2 Å². The normalized spacial score (nSPS) is 33.0. The topological polar surface area (TPSA) is 77.8 Å². The number of likely N-dealkylation sites (tertiary alicyclic amines) is 1. The van der Waals surface area contributed by atoms with Crippen LogP contribution in [0.15, 0.2) is 0 Å². The number of aliphatic hydroxyl groups is 1. The number of hydrogen-bond donors (Lipinski definition) is 2. The molecule has 2 rings (SSSR count). The van der Waals surface area contributed by atoms with Crippen molar-refractivity contribution in [2.24, 2.45) is 17.8 Å². The third-order valence-electron chi connectivity index (χ3n) is 4.72. The molecule has 0 bridgehead atoms. The Morgan fingerprint density at radius 1 is 1.14 bits per heavy atom. The number of hydrogen-bond acceptors (Lipinski definition) is 3. The van der Waals surface area contributed by atoms with Crippen LogP contribution < -0.4 is 0 Å². The largest absolute Gasteiger partial charge is 0.481 e. The fourth-order valence-electron chi connectivity index (χ4n) is 3.37. The summed E-state index contributed by atoms with van der Waals surface area (Å²) in [5.74, 6) is -5.90. The maximum Gasteiger partial charge on any atom is 0.394 e. The van der Waals surface area contributed by atoms with E-state index < -0.39 is 49.1 Å². The first-order valence-electron chi connectivity index (χ1n) is 7.45. The van der Waals surface area contributed by atoms with Gasteiger partial charge in [0.2, 0.25) is 5.91 Å². The van der Waals surface area contributed by atoms with E-state index in [9.17, 15) is 27.9 Å². The molecule has 1 saturated heterocycles. The van der Waals surface area contributed by atoms with Crippen LogP contribution in [0.3, 0.4) is 0 Å².